The Morgan fingerprint density at radius 3 is 2.78 bits per heavy atom. The monoisotopic (exact) mass is 482 g/mol. The van der Waals surface area contributed by atoms with Crippen LogP contribution < -0.4 is 14.8 Å². The molecule has 2 aromatic carbocycles. The van der Waals surface area contributed by atoms with Crippen LogP contribution in [0.5, 0.6) is 11.5 Å². The van der Waals surface area contributed by atoms with Crippen LogP contribution in [0.4, 0.5) is 11.4 Å². The van der Waals surface area contributed by atoms with Gasteiger partial charge < -0.3 is 19.5 Å². The molecule has 3 rings (SSSR count). The molecule has 1 heterocycles. The number of carbonyl (C=O) groups excluding carboxylic acids is 1. The molecule has 0 amide bonds. The lowest BCUT2D eigenvalue weighted by Crippen LogP contribution is -2.14. The highest BCUT2D eigenvalue weighted by atomic mass is 127. The minimum Gasteiger partial charge on any atom is -0.461 e. The quantitative estimate of drug-likeness (QED) is 0.219. The smallest absolute Gasteiger partial charge is 0.354 e. The first kappa shape index (κ1) is 19.0. The number of nitrogens with zero attached hydrogens (tertiary/aromatic N) is 1. The van der Waals surface area contributed by atoms with Gasteiger partial charge in [0.2, 0.25) is 6.79 Å². The number of benzene rings is 2. The minimum atomic E-state index is -0.538. The average molecular weight is 482 g/mol. The summed E-state index contributed by atoms with van der Waals surface area (Å²) in [7, 11) is 0. The number of non-ortho nitro benzene ring substituents is 1. The molecule has 0 aliphatic carbocycles. The van der Waals surface area contributed by atoms with E-state index in [0.29, 0.717) is 26.3 Å². The third-order valence-corrected chi connectivity index (χ3v) is 4.58. The summed E-state index contributed by atoms with van der Waals surface area (Å²) in [5.74, 6) is 0.671. The van der Waals surface area contributed by atoms with Crippen LogP contribution in [0, 0.1) is 13.7 Å². The van der Waals surface area contributed by atoms with Crippen molar-refractivity contribution in [2.24, 2.45) is 0 Å². The van der Waals surface area contributed by atoms with E-state index in [0.717, 1.165) is 0 Å². The van der Waals surface area contributed by atoms with Crippen molar-refractivity contribution in [1.29, 1.82) is 0 Å². The highest BCUT2D eigenvalue weighted by Gasteiger charge is 2.17. The van der Waals surface area contributed by atoms with Gasteiger partial charge in [-0.2, -0.15) is 0 Å². The maximum atomic E-state index is 12.4. The van der Waals surface area contributed by atoms with E-state index >= 15 is 0 Å². The molecule has 0 bridgehead atoms. The summed E-state index contributed by atoms with van der Waals surface area (Å²) in [6.45, 7) is 2.09. The van der Waals surface area contributed by atoms with Crippen LogP contribution in [-0.2, 0) is 9.53 Å². The second-order valence-electron chi connectivity index (χ2n) is 5.43. The Balaban J connectivity index is 1.92. The Labute approximate surface area is 168 Å². The molecule has 0 aromatic heterocycles. The molecule has 2 aromatic rings. The van der Waals surface area contributed by atoms with Crippen molar-refractivity contribution >= 4 is 46.0 Å². The topological polar surface area (TPSA) is 99.9 Å². The Bertz CT molecular complexity index is 928. The van der Waals surface area contributed by atoms with Crippen LogP contribution in [-0.4, -0.2) is 24.3 Å². The van der Waals surface area contributed by atoms with Gasteiger partial charge in [-0.25, -0.2) is 4.79 Å². The van der Waals surface area contributed by atoms with Crippen LogP contribution in [0.1, 0.15) is 12.5 Å². The molecule has 140 valence electrons. The standard InChI is InChI=1S/C18H15IN2O6/c1-2-25-18(22)15(7-11-3-5-13(21(23)24)9-14(11)19)20-12-4-6-16-17(8-12)27-10-26-16/h3-9,20H,2,10H2,1H3/b15-7+. The van der Waals surface area contributed by atoms with Crippen LogP contribution >= 0.6 is 22.6 Å². The fraction of sp³-hybridized carbons (Fsp3) is 0.167. The maximum absolute atomic E-state index is 12.4. The van der Waals surface area contributed by atoms with Gasteiger partial charge in [0.15, 0.2) is 11.5 Å². The number of hydrogen-bond acceptors (Lipinski definition) is 7. The number of anilines is 1. The van der Waals surface area contributed by atoms with E-state index in [4.69, 9.17) is 14.2 Å². The summed E-state index contributed by atoms with van der Waals surface area (Å²) in [5, 5.41) is 13.9. The number of nitro groups is 1. The number of halogens is 1. The summed E-state index contributed by atoms with van der Waals surface area (Å²) in [6, 6.07) is 9.62. The molecule has 1 aliphatic rings. The Morgan fingerprint density at radius 2 is 2.07 bits per heavy atom. The molecule has 0 fully saturated rings. The van der Waals surface area contributed by atoms with Gasteiger partial charge in [-0.15, -0.1) is 0 Å². The summed E-state index contributed by atoms with van der Waals surface area (Å²) in [6.07, 6.45) is 1.59. The number of nitro benzene ring substituents is 1. The first-order chi connectivity index (χ1) is 13.0. The summed E-state index contributed by atoms with van der Waals surface area (Å²) in [4.78, 5) is 22.8. The highest BCUT2D eigenvalue weighted by Crippen LogP contribution is 2.34. The van der Waals surface area contributed by atoms with Crippen molar-refractivity contribution in [3.8, 4) is 11.5 Å². The number of esters is 1. The molecule has 0 radical (unpaired) electrons. The number of nitrogens with one attached hydrogen (secondary N) is 1. The van der Waals surface area contributed by atoms with E-state index in [-0.39, 0.29) is 24.8 Å². The van der Waals surface area contributed by atoms with Gasteiger partial charge in [-0.05, 0) is 59.4 Å². The van der Waals surface area contributed by atoms with E-state index in [9.17, 15) is 14.9 Å². The third kappa shape index (κ3) is 4.48. The average Bonchev–Trinajstić information content (AvgIpc) is 3.10. The zero-order chi connectivity index (χ0) is 19.4. The van der Waals surface area contributed by atoms with Crippen LogP contribution in [0.3, 0.4) is 0 Å². The Kier molecular flexibility index (Phi) is 5.79. The van der Waals surface area contributed by atoms with E-state index < -0.39 is 10.9 Å². The molecular formula is C18H15IN2O6. The van der Waals surface area contributed by atoms with E-state index in [2.05, 4.69) is 5.32 Å². The first-order valence-corrected chi connectivity index (χ1v) is 9.05. The van der Waals surface area contributed by atoms with E-state index in [1.165, 1.54) is 12.1 Å². The van der Waals surface area contributed by atoms with Crippen molar-refractivity contribution < 1.29 is 23.9 Å². The van der Waals surface area contributed by atoms with Gasteiger partial charge in [0.05, 0.1) is 11.5 Å². The Morgan fingerprint density at radius 1 is 1.30 bits per heavy atom. The van der Waals surface area contributed by atoms with Gasteiger partial charge in [-0.1, -0.05) is 0 Å². The SMILES string of the molecule is CCOC(=O)/C(=C\c1ccc([N+](=O)[O-])cc1I)Nc1ccc2c(c1)OCO2. The van der Waals surface area contributed by atoms with Gasteiger partial charge in [0.1, 0.15) is 5.70 Å². The second kappa shape index (κ2) is 8.25. The van der Waals surface area contributed by atoms with Gasteiger partial charge in [0.25, 0.3) is 5.69 Å². The molecule has 8 nitrogen and oxygen atoms in total. The molecule has 0 atom stereocenters. The lowest BCUT2D eigenvalue weighted by molar-refractivity contribution is -0.384. The molecule has 0 saturated carbocycles. The Hall–Kier alpha value is -2.82. The second-order valence-corrected chi connectivity index (χ2v) is 6.60. The number of rotatable bonds is 6. The number of hydrogen-bond donors (Lipinski definition) is 1. The summed E-state index contributed by atoms with van der Waals surface area (Å²) >= 11 is 1.99. The normalized spacial score (nSPS) is 12.6. The first-order valence-electron chi connectivity index (χ1n) is 7.97. The van der Waals surface area contributed by atoms with Gasteiger partial charge in [-0.3, -0.25) is 10.1 Å². The largest absolute Gasteiger partial charge is 0.461 e. The molecule has 0 unspecified atom stereocenters. The van der Waals surface area contributed by atoms with Crippen LogP contribution in [0.25, 0.3) is 6.08 Å². The fourth-order valence-electron chi connectivity index (χ4n) is 2.39. The molecule has 1 N–H and O–H groups in total. The number of fused-ring (bicyclic) bond motifs is 1. The van der Waals surface area contributed by atoms with Crippen LogP contribution in [0.2, 0.25) is 0 Å². The third-order valence-electron chi connectivity index (χ3n) is 3.64. The predicted molar refractivity (Wildman–Crippen MR) is 107 cm³/mol. The zero-order valence-electron chi connectivity index (χ0n) is 14.2. The zero-order valence-corrected chi connectivity index (χ0v) is 16.4. The molecule has 0 saturated heterocycles. The van der Waals surface area contributed by atoms with Crippen LogP contribution in [0.15, 0.2) is 42.1 Å². The summed E-state index contributed by atoms with van der Waals surface area (Å²) in [5.41, 5.74) is 1.45. The molecule has 27 heavy (non-hydrogen) atoms. The molecule has 0 spiro atoms. The van der Waals surface area contributed by atoms with Crippen molar-refractivity contribution in [2.45, 2.75) is 6.92 Å². The highest BCUT2D eigenvalue weighted by molar-refractivity contribution is 14.1. The predicted octanol–water partition coefficient (Wildman–Crippen LogP) is 3.94. The van der Waals surface area contributed by atoms with Gasteiger partial charge in [0, 0.05) is 27.5 Å². The fourth-order valence-corrected chi connectivity index (χ4v) is 3.04. The lowest BCUT2D eigenvalue weighted by atomic mass is 10.1. The van der Waals surface area contributed by atoms with Crippen molar-refractivity contribution in [2.75, 3.05) is 18.7 Å². The van der Waals surface area contributed by atoms with Crippen molar-refractivity contribution in [3.05, 3.63) is 61.3 Å². The molecule has 9 heteroatoms. The van der Waals surface area contributed by atoms with Crippen molar-refractivity contribution in [1.82, 2.24) is 0 Å². The van der Waals surface area contributed by atoms with E-state index in [1.54, 1.807) is 37.3 Å². The van der Waals surface area contributed by atoms with Gasteiger partial charge >= 0.3 is 5.97 Å². The van der Waals surface area contributed by atoms with Crippen molar-refractivity contribution in [3.63, 3.8) is 0 Å². The maximum Gasteiger partial charge on any atom is 0.354 e. The molecule has 1 aliphatic heterocycles. The van der Waals surface area contributed by atoms with E-state index in [1.807, 2.05) is 22.6 Å². The number of ether oxygens (including phenoxy) is 3. The lowest BCUT2D eigenvalue weighted by Gasteiger charge is -2.11. The minimum absolute atomic E-state index is 0.0158. The summed E-state index contributed by atoms with van der Waals surface area (Å²) < 4.78 is 16.4. The number of carbonyl (C=O) groups is 1. The molecular weight excluding hydrogens is 467 g/mol.